The number of hydrogen-bond donors (Lipinski definition) is 1. The molecule has 1 N–H and O–H groups in total. The van der Waals surface area contributed by atoms with Crippen LogP contribution in [-0.4, -0.2) is 16.5 Å². The minimum atomic E-state index is -0.0914. The van der Waals surface area contributed by atoms with Crippen molar-refractivity contribution < 1.29 is 4.74 Å². The maximum atomic E-state index is 6.00. The third-order valence-electron chi connectivity index (χ3n) is 3.62. The second-order valence-corrected chi connectivity index (χ2v) is 5.91. The highest BCUT2D eigenvalue weighted by atomic mass is 32.1. The van der Waals surface area contributed by atoms with E-state index in [0.29, 0.717) is 0 Å². The van der Waals surface area contributed by atoms with Crippen LogP contribution in [0.25, 0.3) is 10.2 Å². The summed E-state index contributed by atoms with van der Waals surface area (Å²) in [5.41, 5.74) is 1.22. The van der Waals surface area contributed by atoms with Crippen molar-refractivity contribution in [1.29, 1.82) is 0 Å². The van der Waals surface area contributed by atoms with E-state index >= 15 is 0 Å². The molecule has 106 valence electrons. The van der Waals surface area contributed by atoms with Gasteiger partial charge in [0.1, 0.15) is 16.4 Å². The highest BCUT2D eigenvalue weighted by Crippen LogP contribution is 2.36. The summed E-state index contributed by atoms with van der Waals surface area (Å²) in [5.74, 6) is 2.61. The van der Waals surface area contributed by atoms with Gasteiger partial charge >= 0.3 is 0 Å². The Hall–Kier alpha value is -2.14. The van der Waals surface area contributed by atoms with E-state index in [2.05, 4.69) is 34.3 Å². The minimum absolute atomic E-state index is 0.0914. The van der Waals surface area contributed by atoms with Crippen molar-refractivity contribution in [3.8, 4) is 5.75 Å². The van der Waals surface area contributed by atoms with Gasteiger partial charge in [0.25, 0.3) is 0 Å². The fourth-order valence-corrected chi connectivity index (χ4v) is 3.42. The third-order valence-corrected chi connectivity index (χ3v) is 4.43. The molecule has 4 nitrogen and oxygen atoms in total. The van der Waals surface area contributed by atoms with Crippen molar-refractivity contribution in [3.63, 3.8) is 0 Å². The largest absolute Gasteiger partial charge is 0.482 e. The lowest BCUT2D eigenvalue weighted by Gasteiger charge is -2.12. The summed E-state index contributed by atoms with van der Waals surface area (Å²) in [6.45, 7) is 2.91. The van der Waals surface area contributed by atoms with E-state index < -0.39 is 0 Å². The maximum Gasteiger partial charge on any atom is 0.173 e. The normalized spacial score (nSPS) is 16.7. The van der Waals surface area contributed by atoms with Crippen molar-refractivity contribution >= 4 is 27.4 Å². The molecule has 1 aromatic carbocycles. The summed E-state index contributed by atoms with van der Waals surface area (Å²) >= 11 is 1.64. The summed E-state index contributed by atoms with van der Waals surface area (Å²) in [7, 11) is 0. The number of nitrogens with zero attached hydrogens (tertiary/aromatic N) is 2. The van der Waals surface area contributed by atoms with Crippen LogP contribution in [0.15, 0.2) is 35.7 Å². The van der Waals surface area contributed by atoms with Crippen LogP contribution in [0.1, 0.15) is 24.4 Å². The highest BCUT2D eigenvalue weighted by molar-refractivity contribution is 7.16. The Morgan fingerprint density at radius 2 is 2.19 bits per heavy atom. The smallest absolute Gasteiger partial charge is 0.173 e. The number of nitrogens with one attached hydrogen (secondary N) is 1. The number of thiophene rings is 1. The molecule has 0 saturated heterocycles. The van der Waals surface area contributed by atoms with Crippen LogP contribution in [-0.2, 0) is 6.42 Å². The van der Waals surface area contributed by atoms with Gasteiger partial charge in [0.2, 0.25) is 0 Å². The molecule has 2 aromatic heterocycles. The van der Waals surface area contributed by atoms with E-state index in [-0.39, 0.29) is 6.10 Å². The molecule has 0 fully saturated rings. The number of anilines is 1. The van der Waals surface area contributed by atoms with Crippen LogP contribution >= 0.6 is 11.3 Å². The van der Waals surface area contributed by atoms with E-state index in [1.165, 1.54) is 5.56 Å². The van der Waals surface area contributed by atoms with Crippen LogP contribution in [0.2, 0.25) is 0 Å². The zero-order chi connectivity index (χ0) is 14.2. The standard InChI is InChI=1S/C16H15N3OS/c1-2-17-14-11-7-8-21-16(11)19-15(18-14)13-9-10-5-3-4-6-12(10)20-13/h3-8,13H,2,9H2,1H3,(H,17,18,19). The Morgan fingerprint density at radius 3 is 3.05 bits per heavy atom. The van der Waals surface area contributed by atoms with E-state index in [9.17, 15) is 0 Å². The molecule has 0 aliphatic carbocycles. The fourth-order valence-electron chi connectivity index (χ4n) is 2.64. The second kappa shape index (κ2) is 5.00. The zero-order valence-corrected chi connectivity index (χ0v) is 12.5. The quantitative estimate of drug-likeness (QED) is 0.799. The maximum absolute atomic E-state index is 6.00. The summed E-state index contributed by atoms with van der Waals surface area (Å²) in [4.78, 5) is 10.4. The van der Waals surface area contributed by atoms with Crippen molar-refractivity contribution in [2.24, 2.45) is 0 Å². The summed E-state index contributed by atoms with van der Waals surface area (Å²) in [6, 6.07) is 10.2. The van der Waals surface area contributed by atoms with Crippen LogP contribution in [0.5, 0.6) is 5.75 Å². The van der Waals surface area contributed by atoms with Gasteiger partial charge in [-0.15, -0.1) is 11.3 Å². The highest BCUT2D eigenvalue weighted by Gasteiger charge is 2.27. The van der Waals surface area contributed by atoms with Gasteiger partial charge in [-0.05, 0) is 30.0 Å². The van der Waals surface area contributed by atoms with Gasteiger partial charge in [-0.2, -0.15) is 0 Å². The number of aromatic nitrogens is 2. The van der Waals surface area contributed by atoms with E-state index in [4.69, 9.17) is 4.74 Å². The van der Waals surface area contributed by atoms with Gasteiger partial charge in [0, 0.05) is 13.0 Å². The lowest BCUT2D eigenvalue weighted by atomic mass is 10.1. The SMILES string of the molecule is CCNc1nc(C2Cc3ccccc3O2)nc2sccc12. The molecule has 0 spiro atoms. The molecule has 0 radical (unpaired) electrons. The van der Waals surface area contributed by atoms with E-state index in [1.54, 1.807) is 11.3 Å². The molecule has 1 atom stereocenters. The fraction of sp³-hybridized carbons (Fsp3) is 0.250. The molecule has 0 bridgehead atoms. The van der Waals surface area contributed by atoms with Crippen LogP contribution in [0.4, 0.5) is 5.82 Å². The number of hydrogen-bond acceptors (Lipinski definition) is 5. The Bertz CT molecular complexity index is 774. The first kappa shape index (κ1) is 12.6. The predicted molar refractivity (Wildman–Crippen MR) is 85.1 cm³/mol. The lowest BCUT2D eigenvalue weighted by Crippen LogP contribution is -2.11. The molecule has 1 aliphatic rings. The minimum Gasteiger partial charge on any atom is -0.482 e. The van der Waals surface area contributed by atoms with Crippen LogP contribution in [0, 0.1) is 0 Å². The second-order valence-electron chi connectivity index (χ2n) is 5.02. The summed E-state index contributed by atoms with van der Waals surface area (Å²) in [6.07, 6.45) is 0.741. The van der Waals surface area contributed by atoms with Crippen molar-refractivity contribution in [3.05, 3.63) is 47.1 Å². The molecule has 0 saturated carbocycles. The average molecular weight is 297 g/mol. The lowest BCUT2D eigenvalue weighted by molar-refractivity contribution is 0.228. The van der Waals surface area contributed by atoms with Gasteiger partial charge in [0.05, 0.1) is 5.39 Å². The van der Waals surface area contributed by atoms with Gasteiger partial charge in [0.15, 0.2) is 11.9 Å². The molecule has 0 amide bonds. The number of ether oxygens (including phenoxy) is 1. The predicted octanol–water partition coefficient (Wildman–Crippen LogP) is 3.80. The van der Waals surface area contributed by atoms with Gasteiger partial charge in [-0.25, -0.2) is 9.97 Å². The van der Waals surface area contributed by atoms with E-state index in [1.807, 2.05) is 23.6 Å². The van der Waals surface area contributed by atoms with Crippen LogP contribution in [0.3, 0.4) is 0 Å². The van der Waals surface area contributed by atoms with Crippen LogP contribution < -0.4 is 10.1 Å². The molecular formula is C16H15N3OS. The molecule has 3 heterocycles. The number of rotatable bonds is 3. The Morgan fingerprint density at radius 1 is 1.29 bits per heavy atom. The number of para-hydroxylation sites is 1. The van der Waals surface area contributed by atoms with Crippen molar-refractivity contribution in [2.75, 3.05) is 11.9 Å². The van der Waals surface area contributed by atoms with Gasteiger partial charge in [-0.3, -0.25) is 0 Å². The summed E-state index contributed by atoms with van der Waals surface area (Å²) < 4.78 is 6.00. The first-order valence-corrected chi connectivity index (χ1v) is 7.96. The molecule has 5 heteroatoms. The average Bonchev–Trinajstić information content (AvgIpc) is 3.13. The third kappa shape index (κ3) is 2.14. The summed E-state index contributed by atoms with van der Waals surface area (Å²) in [5, 5.41) is 6.46. The molecule has 3 aromatic rings. The molecule has 4 rings (SSSR count). The topological polar surface area (TPSA) is 47.0 Å². The first-order valence-electron chi connectivity index (χ1n) is 7.08. The zero-order valence-electron chi connectivity index (χ0n) is 11.7. The van der Waals surface area contributed by atoms with E-state index in [0.717, 1.165) is 40.6 Å². The Balaban J connectivity index is 1.74. The Kier molecular flexibility index (Phi) is 3.00. The molecule has 1 aliphatic heterocycles. The van der Waals surface area contributed by atoms with Crippen molar-refractivity contribution in [1.82, 2.24) is 9.97 Å². The first-order chi connectivity index (χ1) is 10.3. The monoisotopic (exact) mass is 297 g/mol. The number of benzene rings is 1. The Labute approximate surface area is 126 Å². The molecule has 1 unspecified atom stereocenters. The van der Waals surface area contributed by atoms with Crippen molar-refractivity contribution in [2.45, 2.75) is 19.4 Å². The number of fused-ring (bicyclic) bond motifs is 2. The molecule has 21 heavy (non-hydrogen) atoms. The van der Waals surface area contributed by atoms with Gasteiger partial charge < -0.3 is 10.1 Å². The van der Waals surface area contributed by atoms with Gasteiger partial charge in [-0.1, -0.05) is 18.2 Å². The molecular weight excluding hydrogens is 282 g/mol.